The molecule has 17 heavy (non-hydrogen) atoms. The van der Waals surface area contributed by atoms with Crippen LogP contribution in [0.5, 0.6) is 0 Å². The van der Waals surface area contributed by atoms with Gasteiger partial charge in [-0.25, -0.2) is 0 Å². The zero-order valence-corrected chi connectivity index (χ0v) is 12.6. The van der Waals surface area contributed by atoms with Crippen LogP contribution in [0.3, 0.4) is 0 Å². The first-order valence-electron chi connectivity index (χ1n) is 7.55. The van der Waals surface area contributed by atoms with Crippen molar-refractivity contribution >= 4 is 7.80 Å². The molecule has 0 aromatic rings. The summed E-state index contributed by atoms with van der Waals surface area (Å²) in [6.45, 7) is 7.00. The largest absolute Gasteiger partial charge is 0.345 e. The van der Waals surface area contributed by atoms with Crippen molar-refractivity contribution in [1.29, 1.82) is 0 Å². The van der Waals surface area contributed by atoms with E-state index in [4.69, 9.17) is 0 Å². The van der Waals surface area contributed by atoms with Gasteiger partial charge in [0.05, 0.1) is 0 Å². The fourth-order valence-electron chi connectivity index (χ4n) is 3.87. The Kier molecular flexibility index (Phi) is 4.64. The molecule has 2 saturated carbocycles. The lowest BCUT2D eigenvalue weighted by Gasteiger charge is -2.32. The molecule has 2 aliphatic carbocycles. The maximum absolute atomic E-state index is 12.8. The SMILES string of the molecule is CC(C)[C@@H]1CC[C@@H](C)C[C@H]1[P+](=O)C1CCCC1. The van der Waals surface area contributed by atoms with Gasteiger partial charge in [-0.3, -0.25) is 0 Å². The summed E-state index contributed by atoms with van der Waals surface area (Å²) in [6, 6.07) is 0. The van der Waals surface area contributed by atoms with Crippen molar-refractivity contribution in [3.05, 3.63) is 0 Å². The monoisotopic (exact) mass is 255 g/mol. The van der Waals surface area contributed by atoms with Gasteiger partial charge >= 0.3 is 7.80 Å². The van der Waals surface area contributed by atoms with Gasteiger partial charge in [0.1, 0.15) is 0 Å². The lowest BCUT2D eigenvalue weighted by Crippen LogP contribution is -2.31. The average Bonchev–Trinajstić information content (AvgIpc) is 2.80. The van der Waals surface area contributed by atoms with Crippen molar-refractivity contribution in [2.75, 3.05) is 0 Å². The molecule has 0 radical (unpaired) electrons. The number of hydrogen-bond donors (Lipinski definition) is 0. The molecular weight excluding hydrogens is 227 g/mol. The Morgan fingerprint density at radius 1 is 1.06 bits per heavy atom. The number of rotatable bonds is 3. The fourth-order valence-corrected chi connectivity index (χ4v) is 6.73. The summed E-state index contributed by atoms with van der Waals surface area (Å²) in [6.07, 6.45) is 9.02. The van der Waals surface area contributed by atoms with Crippen molar-refractivity contribution in [2.24, 2.45) is 17.8 Å². The van der Waals surface area contributed by atoms with E-state index in [9.17, 15) is 4.57 Å². The molecule has 4 atom stereocenters. The van der Waals surface area contributed by atoms with Crippen molar-refractivity contribution in [1.82, 2.24) is 0 Å². The molecule has 0 spiro atoms. The molecule has 0 saturated heterocycles. The topological polar surface area (TPSA) is 17.1 Å². The normalized spacial score (nSPS) is 36.5. The Morgan fingerprint density at radius 2 is 1.71 bits per heavy atom. The summed E-state index contributed by atoms with van der Waals surface area (Å²) >= 11 is 0. The Labute approximate surface area is 108 Å². The summed E-state index contributed by atoms with van der Waals surface area (Å²) in [5, 5.41) is 0. The molecule has 0 aliphatic heterocycles. The molecule has 0 heterocycles. The maximum atomic E-state index is 12.8. The van der Waals surface area contributed by atoms with Crippen molar-refractivity contribution in [3.63, 3.8) is 0 Å². The van der Waals surface area contributed by atoms with E-state index in [0.717, 1.165) is 11.8 Å². The van der Waals surface area contributed by atoms with Crippen molar-refractivity contribution in [2.45, 2.75) is 77.0 Å². The molecule has 1 unspecified atom stereocenters. The molecule has 2 heteroatoms. The summed E-state index contributed by atoms with van der Waals surface area (Å²) in [4.78, 5) is 0. The van der Waals surface area contributed by atoms with Crippen molar-refractivity contribution < 1.29 is 4.57 Å². The summed E-state index contributed by atoms with van der Waals surface area (Å²) in [7, 11) is -0.948. The quantitative estimate of drug-likeness (QED) is 0.632. The number of hydrogen-bond acceptors (Lipinski definition) is 1. The lowest BCUT2D eigenvalue weighted by molar-refractivity contribution is 0.237. The zero-order chi connectivity index (χ0) is 12.4. The first-order valence-corrected chi connectivity index (χ1v) is 8.95. The van der Waals surface area contributed by atoms with Crippen LogP contribution in [0.25, 0.3) is 0 Å². The average molecular weight is 255 g/mol. The molecular formula is C15H28OP+. The predicted molar refractivity (Wildman–Crippen MR) is 75.0 cm³/mol. The van der Waals surface area contributed by atoms with Crippen LogP contribution in [0.1, 0.15) is 65.7 Å². The molecule has 98 valence electrons. The van der Waals surface area contributed by atoms with Gasteiger partial charge in [0.25, 0.3) is 0 Å². The highest BCUT2D eigenvalue weighted by molar-refractivity contribution is 7.46. The second kappa shape index (κ2) is 5.83. The van der Waals surface area contributed by atoms with E-state index >= 15 is 0 Å². The Bertz CT molecular complexity index is 268. The van der Waals surface area contributed by atoms with E-state index in [1.165, 1.54) is 44.9 Å². The third-order valence-electron chi connectivity index (χ3n) is 5.00. The minimum atomic E-state index is -0.948. The summed E-state index contributed by atoms with van der Waals surface area (Å²) < 4.78 is 12.8. The first kappa shape index (κ1) is 13.5. The van der Waals surface area contributed by atoms with E-state index in [2.05, 4.69) is 20.8 Å². The standard InChI is InChI=1S/C15H28OP/c1-11(2)14-9-8-12(3)10-15(14)17(16)13-6-4-5-7-13/h11-15H,4-10H2,1-3H3/q+1/t12-,14+,15-/m1/s1. The predicted octanol–water partition coefficient (Wildman–Crippen LogP) is 5.22. The molecule has 0 bridgehead atoms. The van der Waals surface area contributed by atoms with Crippen molar-refractivity contribution in [3.8, 4) is 0 Å². The summed E-state index contributed by atoms with van der Waals surface area (Å²) in [5.41, 5.74) is 1.11. The smallest absolute Gasteiger partial charge is 0.0742 e. The van der Waals surface area contributed by atoms with Crippen LogP contribution in [-0.2, 0) is 4.57 Å². The van der Waals surface area contributed by atoms with Gasteiger partial charge in [0.2, 0.25) is 0 Å². The highest BCUT2D eigenvalue weighted by Gasteiger charge is 2.47. The highest BCUT2D eigenvalue weighted by Crippen LogP contribution is 2.52. The molecule has 2 aliphatic rings. The van der Waals surface area contributed by atoms with Gasteiger partial charge in [-0.15, -0.1) is 0 Å². The van der Waals surface area contributed by atoms with Gasteiger partial charge in [-0.05, 0) is 50.4 Å². The molecule has 0 N–H and O–H groups in total. The van der Waals surface area contributed by atoms with Gasteiger partial charge in [-0.1, -0.05) is 31.8 Å². The van der Waals surface area contributed by atoms with Crippen LogP contribution < -0.4 is 0 Å². The van der Waals surface area contributed by atoms with E-state index in [0.29, 0.717) is 17.2 Å². The molecule has 0 aromatic heterocycles. The minimum Gasteiger partial charge on any atom is -0.0742 e. The van der Waals surface area contributed by atoms with Crippen LogP contribution in [0.4, 0.5) is 0 Å². The van der Waals surface area contributed by atoms with Gasteiger partial charge in [0.15, 0.2) is 11.3 Å². The van der Waals surface area contributed by atoms with Crippen LogP contribution in [-0.4, -0.2) is 11.3 Å². The van der Waals surface area contributed by atoms with Gasteiger partial charge < -0.3 is 0 Å². The van der Waals surface area contributed by atoms with Crippen LogP contribution >= 0.6 is 7.80 Å². The zero-order valence-electron chi connectivity index (χ0n) is 11.7. The van der Waals surface area contributed by atoms with Gasteiger partial charge in [-0.2, -0.15) is 0 Å². The highest BCUT2D eigenvalue weighted by atomic mass is 31.1. The van der Waals surface area contributed by atoms with E-state index in [1.807, 2.05) is 0 Å². The minimum absolute atomic E-state index is 0.539. The van der Waals surface area contributed by atoms with Crippen LogP contribution in [0.15, 0.2) is 0 Å². The van der Waals surface area contributed by atoms with Gasteiger partial charge in [0, 0.05) is 5.92 Å². The van der Waals surface area contributed by atoms with Crippen LogP contribution in [0.2, 0.25) is 0 Å². The maximum Gasteiger partial charge on any atom is 0.345 e. The van der Waals surface area contributed by atoms with E-state index in [1.54, 1.807) is 0 Å². The lowest BCUT2D eigenvalue weighted by atomic mass is 9.77. The third-order valence-corrected chi connectivity index (χ3v) is 7.48. The molecule has 0 amide bonds. The molecule has 2 rings (SSSR count). The molecule has 1 nitrogen and oxygen atoms in total. The Morgan fingerprint density at radius 3 is 2.29 bits per heavy atom. The third kappa shape index (κ3) is 3.11. The molecule has 0 aromatic carbocycles. The molecule has 2 fully saturated rings. The second-order valence-electron chi connectivity index (χ2n) is 6.69. The van der Waals surface area contributed by atoms with E-state index in [-0.39, 0.29) is 0 Å². The Balaban J connectivity index is 2.05. The summed E-state index contributed by atoms with van der Waals surface area (Å²) in [5.74, 6) is 2.25. The van der Waals surface area contributed by atoms with Crippen LogP contribution in [0, 0.1) is 17.8 Å². The second-order valence-corrected chi connectivity index (χ2v) is 8.80. The first-order chi connectivity index (χ1) is 8.09. The fraction of sp³-hybridized carbons (Fsp3) is 1.00. The van der Waals surface area contributed by atoms with E-state index < -0.39 is 7.80 Å². The Hall–Kier alpha value is 0.100.